The number of fused-ring (bicyclic) bond motifs is 2. The topological polar surface area (TPSA) is 82.3 Å². The van der Waals surface area contributed by atoms with Crippen LogP contribution in [0.1, 0.15) is 12.8 Å². The molecular formula is C24H20N6. The molecule has 6 nitrogen and oxygen atoms in total. The van der Waals surface area contributed by atoms with Gasteiger partial charge in [-0.25, -0.2) is 4.98 Å². The fourth-order valence-corrected chi connectivity index (χ4v) is 3.86. The van der Waals surface area contributed by atoms with Gasteiger partial charge in [0.25, 0.3) is 0 Å². The summed E-state index contributed by atoms with van der Waals surface area (Å²) in [6.07, 6.45) is 7.97. The van der Waals surface area contributed by atoms with Gasteiger partial charge in [0.2, 0.25) is 0 Å². The zero-order chi connectivity index (χ0) is 20.1. The largest absolute Gasteiger partial charge is 0.358 e. The van der Waals surface area contributed by atoms with Crippen LogP contribution in [0.2, 0.25) is 0 Å². The number of hydrogen-bond acceptors (Lipinski definition) is 4. The summed E-state index contributed by atoms with van der Waals surface area (Å²) < 4.78 is 0. The summed E-state index contributed by atoms with van der Waals surface area (Å²) in [6.45, 7) is 4.14. The number of benzene rings is 1. The molecule has 0 aliphatic heterocycles. The van der Waals surface area contributed by atoms with Crippen LogP contribution >= 0.6 is 0 Å². The highest BCUT2D eigenvalue weighted by molar-refractivity contribution is 5.96. The van der Waals surface area contributed by atoms with Gasteiger partial charge in [-0.2, -0.15) is 5.10 Å². The average Bonchev–Trinajstić information content (AvgIpc) is 3.40. The maximum atomic E-state index is 4.56. The maximum Gasteiger partial charge on any atom is 0.181 e. The smallest absolute Gasteiger partial charge is 0.181 e. The fourth-order valence-electron chi connectivity index (χ4n) is 3.86. The number of aromatic nitrogens is 5. The van der Waals surface area contributed by atoms with Gasteiger partial charge in [-0.1, -0.05) is 24.8 Å². The van der Waals surface area contributed by atoms with Gasteiger partial charge in [-0.3, -0.25) is 10.1 Å². The van der Waals surface area contributed by atoms with E-state index in [0.29, 0.717) is 11.6 Å². The molecule has 0 radical (unpaired) electrons. The third kappa shape index (κ3) is 2.93. The predicted molar refractivity (Wildman–Crippen MR) is 120 cm³/mol. The molecule has 4 heterocycles. The van der Waals surface area contributed by atoms with Crippen molar-refractivity contribution in [3.8, 4) is 22.5 Å². The molecule has 3 N–H and O–H groups in total. The number of nitrogens with zero attached hydrogens (tertiary/aromatic N) is 3. The Bertz CT molecular complexity index is 1370. The van der Waals surface area contributed by atoms with E-state index in [1.807, 2.05) is 30.7 Å². The molecule has 0 unspecified atom stereocenters. The summed E-state index contributed by atoms with van der Waals surface area (Å²) in [7, 11) is 0. The Morgan fingerprint density at radius 2 is 1.90 bits per heavy atom. The average molecular weight is 392 g/mol. The molecule has 1 aliphatic rings. The summed E-state index contributed by atoms with van der Waals surface area (Å²) >= 11 is 0. The van der Waals surface area contributed by atoms with Crippen molar-refractivity contribution in [1.82, 2.24) is 25.1 Å². The molecule has 5 aromatic rings. The van der Waals surface area contributed by atoms with E-state index < -0.39 is 0 Å². The molecule has 0 saturated heterocycles. The van der Waals surface area contributed by atoms with Crippen LogP contribution in [0.3, 0.4) is 0 Å². The van der Waals surface area contributed by atoms with Crippen molar-refractivity contribution < 1.29 is 0 Å². The van der Waals surface area contributed by atoms with E-state index in [9.17, 15) is 0 Å². The lowest BCUT2D eigenvalue weighted by molar-refractivity contribution is 1.02. The quantitative estimate of drug-likeness (QED) is 0.369. The number of H-pyrrole nitrogens is 2. The van der Waals surface area contributed by atoms with Crippen LogP contribution in [0.4, 0.5) is 5.69 Å². The summed E-state index contributed by atoms with van der Waals surface area (Å²) in [6, 6.07) is 14.6. The van der Waals surface area contributed by atoms with Crippen molar-refractivity contribution in [2.24, 2.45) is 5.92 Å². The SMILES string of the molecule is C=C(Nc1cncc(-c2cnc3n[nH]c(-c4cc5ccccc5[nH]4)c3c2)c1)C1CC1. The minimum atomic E-state index is 0.594. The number of para-hydroxylation sites is 1. The van der Waals surface area contributed by atoms with E-state index in [1.165, 1.54) is 18.2 Å². The van der Waals surface area contributed by atoms with Crippen LogP contribution in [-0.2, 0) is 0 Å². The summed E-state index contributed by atoms with van der Waals surface area (Å²) in [5.41, 5.74) is 7.73. The minimum Gasteiger partial charge on any atom is -0.358 e. The van der Waals surface area contributed by atoms with Crippen LogP contribution in [0, 0.1) is 5.92 Å². The Labute approximate surface area is 173 Å². The maximum absolute atomic E-state index is 4.56. The number of allylic oxidation sites excluding steroid dienone is 1. The third-order valence-corrected chi connectivity index (χ3v) is 5.66. The van der Waals surface area contributed by atoms with Gasteiger partial charge >= 0.3 is 0 Å². The van der Waals surface area contributed by atoms with Gasteiger partial charge < -0.3 is 10.3 Å². The van der Waals surface area contributed by atoms with Crippen molar-refractivity contribution in [2.45, 2.75) is 12.8 Å². The first-order valence-electron chi connectivity index (χ1n) is 10.1. The Kier molecular flexibility index (Phi) is 3.71. The third-order valence-electron chi connectivity index (χ3n) is 5.66. The number of nitrogens with one attached hydrogen (secondary N) is 3. The Hall–Kier alpha value is -3.93. The Morgan fingerprint density at radius 3 is 2.77 bits per heavy atom. The first-order valence-corrected chi connectivity index (χ1v) is 10.1. The highest BCUT2D eigenvalue weighted by atomic mass is 15.2. The molecule has 0 bridgehead atoms. The monoisotopic (exact) mass is 392 g/mol. The number of anilines is 1. The van der Waals surface area contributed by atoms with Gasteiger partial charge in [0, 0.05) is 45.5 Å². The zero-order valence-electron chi connectivity index (χ0n) is 16.3. The number of rotatable bonds is 5. The molecule has 146 valence electrons. The number of hydrogen-bond donors (Lipinski definition) is 3. The van der Waals surface area contributed by atoms with Crippen LogP contribution in [0.5, 0.6) is 0 Å². The summed E-state index contributed by atoms with van der Waals surface area (Å²) in [5, 5.41) is 13.1. The second kappa shape index (κ2) is 6.56. The highest BCUT2D eigenvalue weighted by Crippen LogP contribution is 2.36. The summed E-state index contributed by atoms with van der Waals surface area (Å²) in [5.74, 6) is 0.594. The first kappa shape index (κ1) is 17.0. The lowest BCUT2D eigenvalue weighted by Crippen LogP contribution is -2.00. The minimum absolute atomic E-state index is 0.594. The Balaban J connectivity index is 1.40. The molecule has 6 heteroatoms. The van der Waals surface area contributed by atoms with Gasteiger partial charge in [0.1, 0.15) is 0 Å². The second-order valence-electron chi connectivity index (χ2n) is 7.85. The fraction of sp³-hybridized carbons (Fsp3) is 0.125. The van der Waals surface area contributed by atoms with Crippen molar-refractivity contribution >= 4 is 27.6 Å². The number of pyridine rings is 2. The predicted octanol–water partition coefficient (Wildman–Crippen LogP) is 5.50. The first-order chi connectivity index (χ1) is 14.7. The molecule has 0 atom stereocenters. The molecular weight excluding hydrogens is 372 g/mol. The van der Waals surface area contributed by atoms with Crippen molar-refractivity contribution in [1.29, 1.82) is 0 Å². The Morgan fingerprint density at radius 1 is 1.03 bits per heavy atom. The molecule has 4 aromatic heterocycles. The van der Waals surface area contributed by atoms with Gasteiger partial charge in [-0.15, -0.1) is 0 Å². The molecule has 1 aromatic carbocycles. The van der Waals surface area contributed by atoms with E-state index in [1.54, 1.807) is 0 Å². The van der Waals surface area contributed by atoms with Crippen molar-refractivity contribution in [3.63, 3.8) is 0 Å². The molecule has 1 aliphatic carbocycles. The van der Waals surface area contributed by atoms with Crippen LogP contribution in [0.25, 0.3) is 44.5 Å². The number of aromatic amines is 2. The molecule has 6 rings (SSSR count). The molecule has 30 heavy (non-hydrogen) atoms. The van der Waals surface area contributed by atoms with E-state index in [0.717, 1.165) is 44.8 Å². The van der Waals surface area contributed by atoms with Crippen molar-refractivity contribution in [2.75, 3.05) is 5.32 Å². The second-order valence-corrected chi connectivity index (χ2v) is 7.85. The van der Waals surface area contributed by atoms with Crippen LogP contribution in [-0.4, -0.2) is 25.1 Å². The van der Waals surface area contributed by atoms with Crippen molar-refractivity contribution in [3.05, 3.63) is 73.3 Å². The molecule has 0 spiro atoms. The highest BCUT2D eigenvalue weighted by Gasteiger charge is 2.24. The normalized spacial score (nSPS) is 13.7. The van der Waals surface area contributed by atoms with Gasteiger partial charge in [-0.05, 0) is 43.0 Å². The van der Waals surface area contributed by atoms with Gasteiger partial charge in [0.05, 0.1) is 23.3 Å². The van der Waals surface area contributed by atoms with Crippen LogP contribution < -0.4 is 5.32 Å². The van der Waals surface area contributed by atoms with E-state index in [2.05, 4.69) is 67.4 Å². The van der Waals surface area contributed by atoms with E-state index in [4.69, 9.17) is 0 Å². The van der Waals surface area contributed by atoms with Crippen LogP contribution in [0.15, 0.2) is 73.3 Å². The zero-order valence-corrected chi connectivity index (χ0v) is 16.3. The van der Waals surface area contributed by atoms with Gasteiger partial charge in [0.15, 0.2) is 5.65 Å². The standard InChI is InChI=1S/C24H20N6/c1-14(15-6-7-15)27-19-8-17(11-25-13-19)18-9-20-23(29-30-24(20)26-12-18)22-10-16-4-2-3-5-21(16)28-22/h2-5,8-13,15,27-28H,1,6-7H2,(H,26,29,30). The molecule has 1 saturated carbocycles. The lowest BCUT2D eigenvalue weighted by Gasteiger charge is -2.09. The lowest BCUT2D eigenvalue weighted by atomic mass is 10.1. The molecule has 1 fully saturated rings. The van der Waals surface area contributed by atoms with E-state index >= 15 is 0 Å². The van der Waals surface area contributed by atoms with E-state index in [-0.39, 0.29) is 0 Å². The molecule has 0 amide bonds. The summed E-state index contributed by atoms with van der Waals surface area (Å²) in [4.78, 5) is 12.4.